The molecule has 0 unspecified atom stereocenters. The van der Waals surface area contributed by atoms with Crippen molar-refractivity contribution in [3.05, 3.63) is 94.9 Å². The molecule has 1 saturated carbocycles. The van der Waals surface area contributed by atoms with Gasteiger partial charge in [-0.3, -0.25) is 4.79 Å². The van der Waals surface area contributed by atoms with E-state index >= 15 is 0 Å². The average molecular weight is 444 g/mol. The number of rotatable bonds is 8. The highest BCUT2D eigenvalue weighted by Gasteiger charge is 2.17. The third-order valence-corrected chi connectivity index (χ3v) is 6.20. The molecule has 0 bridgehead atoms. The number of nitrogens with one attached hydrogen (secondary N) is 1. The number of carbonyl (C=O) groups is 1. The second-order valence-corrected chi connectivity index (χ2v) is 8.85. The third-order valence-electron chi connectivity index (χ3n) is 6.20. The Morgan fingerprint density at radius 1 is 1.06 bits per heavy atom. The van der Waals surface area contributed by atoms with Crippen molar-refractivity contribution in [1.82, 2.24) is 4.98 Å². The minimum atomic E-state index is 0.677. The summed E-state index contributed by atoms with van der Waals surface area (Å²) in [7, 11) is 0. The Morgan fingerprint density at radius 3 is 2.36 bits per heavy atom. The summed E-state index contributed by atoms with van der Waals surface area (Å²) < 4.78 is 0. The second kappa shape index (κ2) is 14.3. The van der Waals surface area contributed by atoms with E-state index in [0.29, 0.717) is 11.5 Å². The highest BCUT2D eigenvalue weighted by molar-refractivity contribution is 5.82. The molecule has 0 atom stereocenters. The van der Waals surface area contributed by atoms with Crippen LogP contribution in [0, 0.1) is 6.92 Å². The summed E-state index contributed by atoms with van der Waals surface area (Å²) in [4.78, 5) is 14.5. The summed E-state index contributed by atoms with van der Waals surface area (Å²) in [6.45, 7) is 12.5. The molecule has 1 N–H and O–H groups in total. The normalized spacial score (nSPS) is 15.0. The lowest BCUT2D eigenvalue weighted by Crippen LogP contribution is -2.05. The first kappa shape index (κ1) is 26.4. The Labute approximate surface area is 201 Å². The SMILES string of the molecule is C=C(/C=C/c1ccccc1C1CCCCC1)/C=C(\C=C/C)c1cc(C=O)c(C)[nH]1.CCCC. The lowest BCUT2D eigenvalue weighted by molar-refractivity contribution is 0.112. The van der Waals surface area contributed by atoms with E-state index in [1.807, 2.05) is 32.1 Å². The number of aromatic nitrogens is 1. The zero-order chi connectivity index (χ0) is 24.1. The van der Waals surface area contributed by atoms with Gasteiger partial charge in [0.1, 0.15) is 0 Å². The van der Waals surface area contributed by atoms with E-state index in [2.05, 4.69) is 67.9 Å². The molecule has 1 aromatic carbocycles. The number of hydrogen-bond acceptors (Lipinski definition) is 1. The van der Waals surface area contributed by atoms with Crippen LogP contribution in [0.2, 0.25) is 0 Å². The molecule has 1 aliphatic carbocycles. The number of hydrogen-bond donors (Lipinski definition) is 1. The van der Waals surface area contributed by atoms with Crippen LogP contribution in [0.1, 0.15) is 105 Å². The van der Waals surface area contributed by atoms with Crippen molar-refractivity contribution < 1.29 is 4.79 Å². The number of aldehydes is 1. The molecule has 0 aliphatic heterocycles. The van der Waals surface area contributed by atoms with Crippen LogP contribution in [0.3, 0.4) is 0 Å². The van der Waals surface area contributed by atoms with E-state index in [4.69, 9.17) is 0 Å². The van der Waals surface area contributed by atoms with Crippen LogP contribution in [-0.4, -0.2) is 11.3 Å². The molecule has 0 saturated heterocycles. The van der Waals surface area contributed by atoms with E-state index in [9.17, 15) is 4.79 Å². The lowest BCUT2D eigenvalue weighted by atomic mass is 9.82. The molecule has 2 heteroatoms. The quantitative estimate of drug-likeness (QED) is 0.320. The van der Waals surface area contributed by atoms with Crippen molar-refractivity contribution in [3.8, 4) is 0 Å². The number of benzene rings is 1. The predicted octanol–water partition coefficient (Wildman–Crippen LogP) is 9.22. The molecule has 3 rings (SSSR count). The van der Waals surface area contributed by atoms with Crippen LogP contribution in [0.25, 0.3) is 11.6 Å². The fourth-order valence-corrected chi connectivity index (χ4v) is 4.14. The van der Waals surface area contributed by atoms with Crippen molar-refractivity contribution in [2.45, 2.75) is 78.6 Å². The number of aromatic amines is 1. The molecule has 0 spiro atoms. The van der Waals surface area contributed by atoms with Gasteiger partial charge in [-0.05, 0) is 67.0 Å². The first-order valence-electron chi connectivity index (χ1n) is 12.5. The summed E-state index contributed by atoms with van der Waals surface area (Å²) in [5.41, 5.74) is 7.20. The van der Waals surface area contributed by atoms with Gasteiger partial charge in [-0.15, -0.1) is 0 Å². The standard InChI is InChI=1S/C27H31NO.C4H10/c1-4-10-24(27-18-25(19-29)21(3)28-27)17-20(2)15-16-23-13-8-9-14-26(23)22-11-6-5-7-12-22;1-3-4-2/h4,8-10,13-19,22,28H,2,5-7,11-12H2,1,3H3;3-4H2,1-2H3/b10-4-,16-15+,24-17+;. The number of carbonyl (C=O) groups excluding carboxylic acids is 1. The maximum atomic E-state index is 11.2. The number of allylic oxidation sites excluding steroid dienone is 6. The maximum Gasteiger partial charge on any atom is 0.151 e. The minimum absolute atomic E-state index is 0.677. The molecular weight excluding hydrogens is 402 g/mol. The first-order valence-corrected chi connectivity index (χ1v) is 12.5. The Hall–Kier alpha value is -2.87. The van der Waals surface area contributed by atoms with Gasteiger partial charge in [0, 0.05) is 17.0 Å². The molecule has 1 aromatic heterocycles. The van der Waals surface area contributed by atoms with E-state index in [1.54, 1.807) is 0 Å². The smallest absolute Gasteiger partial charge is 0.151 e. The molecule has 1 fully saturated rings. The molecular formula is C31H41NO. The Morgan fingerprint density at radius 2 is 1.76 bits per heavy atom. The Balaban J connectivity index is 0.000000890. The summed E-state index contributed by atoms with van der Waals surface area (Å²) >= 11 is 0. The Kier molecular flexibility index (Phi) is 11.4. The first-order chi connectivity index (χ1) is 16.0. The van der Waals surface area contributed by atoms with Crippen molar-refractivity contribution in [2.24, 2.45) is 0 Å². The van der Waals surface area contributed by atoms with Crippen LogP contribution in [0.5, 0.6) is 0 Å². The molecule has 176 valence electrons. The van der Waals surface area contributed by atoms with E-state index in [-0.39, 0.29) is 0 Å². The van der Waals surface area contributed by atoms with Crippen LogP contribution >= 0.6 is 0 Å². The monoisotopic (exact) mass is 443 g/mol. The maximum absolute atomic E-state index is 11.2. The highest BCUT2D eigenvalue weighted by atomic mass is 16.1. The van der Waals surface area contributed by atoms with Gasteiger partial charge in [0.25, 0.3) is 0 Å². The largest absolute Gasteiger partial charge is 0.358 e. The zero-order valence-corrected chi connectivity index (χ0v) is 21.0. The molecule has 33 heavy (non-hydrogen) atoms. The molecule has 2 aromatic rings. The van der Waals surface area contributed by atoms with E-state index in [1.165, 1.54) is 56.1 Å². The molecule has 0 amide bonds. The van der Waals surface area contributed by atoms with Crippen LogP contribution < -0.4 is 0 Å². The van der Waals surface area contributed by atoms with Crippen molar-refractivity contribution >= 4 is 17.9 Å². The summed E-state index contributed by atoms with van der Waals surface area (Å²) in [5.74, 6) is 0.677. The zero-order valence-electron chi connectivity index (χ0n) is 21.0. The number of unbranched alkanes of at least 4 members (excludes halogenated alkanes) is 1. The van der Waals surface area contributed by atoms with Gasteiger partial charge in [-0.25, -0.2) is 0 Å². The van der Waals surface area contributed by atoms with Crippen LogP contribution in [0.15, 0.2) is 66.8 Å². The van der Waals surface area contributed by atoms with Gasteiger partial charge in [0.15, 0.2) is 6.29 Å². The van der Waals surface area contributed by atoms with Crippen LogP contribution in [-0.2, 0) is 0 Å². The highest BCUT2D eigenvalue weighted by Crippen LogP contribution is 2.34. The van der Waals surface area contributed by atoms with E-state index in [0.717, 1.165) is 28.8 Å². The molecule has 0 radical (unpaired) electrons. The fourth-order valence-electron chi connectivity index (χ4n) is 4.14. The third kappa shape index (κ3) is 8.20. The van der Waals surface area contributed by atoms with Gasteiger partial charge >= 0.3 is 0 Å². The topological polar surface area (TPSA) is 32.9 Å². The predicted molar refractivity (Wildman–Crippen MR) is 145 cm³/mol. The summed E-state index contributed by atoms with van der Waals surface area (Å²) in [6.07, 6.45) is 20.5. The fraction of sp³-hybridized carbons (Fsp3) is 0.387. The molecule has 1 heterocycles. The Bertz CT molecular complexity index is 978. The molecule has 1 aliphatic rings. The van der Waals surface area contributed by atoms with E-state index < -0.39 is 0 Å². The summed E-state index contributed by atoms with van der Waals surface area (Å²) in [6, 6.07) is 10.6. The van der Waals surface area contributed by atoms with Crippen LogP contribution in [0.4, 0.5) is 0 Å². The second-order valence-electron chi connectivity index (χ2n) is 8.85. The van der Waals surface area contributed by atoms with Gasteiger partial charge in [0.2, 0.25) is 0 Å². The number of aryl methyl sites for hydroxylation is 1. The van der Waals surface area contributed by atoms with Crippen molar-refractivity contribution in [3.63, 3.8) is 0 Å². The number of H-pyrrole nitrogens is 1. The van der Waals surface area contributed by atoms with Gasteiger partial charge in [-0.2, -0.15) is 0 Å². The van der Waals surface area contributed by atoms with Gasteiger partial charge in [0.05, 0.1) is 0 Å². The minimum Gasteiger partial charge on any atom is -0.358 e. The van der Waals surface area contributed by atoms with Crippen molar-refractivity contribution in [1.29, 1.82) is 0 Å². The summed E-state index contributed by atoms with van der Waals surface area (Å²) in [5, 5.41) is 0. The van der Waals surface area contributed by atoms with Gasteiger partial charge in [-0.1, -0.05) is 101 Å². The average Bonchev–Trinajstić information content (AvgIpc) is 3.24. The van der Waals surface area contributed by atoms with Gasteiger partial charge < -0.3 is 4.98 Å². The van der Waals surface area contributed by atoms with Crippen molar-refractivity contribution in [2.75, 3.05) is 0 Å². The lowest BCUT2D eigenvalue weighted by Gasteiger charge is -2.23. The molecule has 2 nitrogen and oxygen atoms in total.